The van der Waals surface area contributed by atoms with Gasteiger partial charge in [-0.05, 0) is 78.9 Å². The smallest absolute Gasteiger partial charge is 0.261 e. The normalized spacial score (nSPS) is 13.2. The molecule has 8 heteroatoms. The van der Waals surface area contributed by atoms with E-state index in [4.69, 9.17) is 0 Å². The lowest BCUT2D eigenvalue weighted by Crippen LogP contribution is -2.36. The summed E-state index contributed by atoms with van der Waals surface area (Å²) in [5.74, 6) is -0.253. The van der Waals surface area contributed by atoms with Gasteiger partial charge in [-0.1, -0.05) is 24.3 Å². The van der Waals surface area contributed by atoms with Crippen LogP contribution in [0.15, 0.2) is 65.6 Å². The Hall–Kier alpha value is -3.65. The summed E-state index contributed by atoms with van der Waals surface area (Å²) in [6.07, 6.45) is 0.712. The van der Waals surface area contributed by atoms with Crippen LogP contribution in [0.5, 0.6) is 0 Å². The second-order valence-corrected chi connectivity index (χ2v) is 10.2. The van der Waals surface area contributed by atoms with Gasteiger partial charge in [-0.15, -0.1) is 0 Å². The number of fused-ring (bicyclic) bond motifs is 1. The number of rotatable bonds is 5. The molecule has 0 atom stereocenters. The van der Waals surface area contributed by atoms with E-state index in [2.05, 4.69) is 10.0 Å². The van der Waals surface area contributed by atoms with Gasteiger partial charge in [-0.3, -0.25) is 14.3 Å². The summed E-state index contributed by atoms with van der Waals surface area (Å²) < 4.78 is 28.9. The number of hydrogen-bond acceptors (Lipinski definition) is 4. The van der Waals surface area contributed by atoms with Crippen molar-refractivity contribution in [2.75, 3.05) is 16.6 Å². The molecule has 1 heterocycles. The summed E-state index contributed by atoms with van der Waals surface area (Å²) >= 11 is 0. The van der Waals surface area contributed by atoms with Gasteiger partial charge in [0.05, 0.1) is 4.90 Å². The Labute approximate surface area is 199 Å². The van der Waals surface area contributed by atoms with E-state index >= 15 is 0 Å². The molecule has 0 fully saturated rings. The lowest BCUT2D eigenvalue weighted by atomic mass is 9.98. The molecule has 3 aromatic carbocycles. The van der Waals surface area contributed by atoms with E-state index < -0.39 is 10.0 Å². The third kappa shape index (κ3) is 4.97. The summed E-state index contributed by atoms with van der Waals surface area (Å²) in [5.41, 5.74) is 5.04. The molecule has 4 rings (SSSR count). The molecule has 7 nitrogen and oxygen atoms in total. The average Bonchev–Trinajstić information content (AvgIpc) is 2.80. The van der Waals surface area contributed by atoms with Crippen molar-refractivity contribution in [3.05, 3.63) is 88.5 Å². The van der Waals surface area contributed by atoms with Gasteiger partial charge in [-0.2, -0.15) is 0 Å². The Morgan fingerprint density at radius 2 is 1.59 bits per heavy atom. The van der Waals surface area contributed by atoms with E-state index in [1.54, 1.807) is 55.1 Å². The van der Waals surface area contributed by atoms with Crippen molar-refractivity contribution in [3.63, 3.8) is 0 Å². The van der Waals surface area contributed by atoms with Crippen LogP contribution in [-0.2, 0) is 27.8 Å². The lowest BCUT2D eigenvalue weighted by Gasteiger charge is -2.29. The van der Waals surface area contributed by atoms with E-state index in [0.29, 0.717) is 47.6 Å². The number of sulfonamides is 1. The van der Waals surface area contributed by atoms with Gasteiger partial charge < -0.3 is 10.2 Å². The first-order chi connectivity index (χ1) is 16.1. The fraction of sp³-hybridized carbons (Fsp3) is 0.231. The number of amides is 2. The zero-order valence-corrected chi connectivity index (χ0v) is 20.2. The SMILES string of the molecule is CC(=O)Nc1c(C)cc(S(=O)(=O)Nc2ccc3c(c2)CN(C(=O)c2ccccc2)CC3)cc1C. The third-order valence-electron chi connectivity index (χ3n) is 5.90. The first-order valence-electron chi connectivity index (χ1n) is 11.0. The van der Waals surface area contributed by atoms with Gasteiger partial charge in [0.2, 0.25) is 5.91 Å². The number of carbonyl (C=O) groups excluding carboxylic acids is 2. The Balaban J connectivity index is 1.55. The van der Waals surface area contributed by atoms with Crippen molar-refractivity contribution in [2.24, 2.45) is 0 Å². The molecular formula is C26H27N3O4S. The van der Waals surface area contributed by atoms with Gasteiger partial charge in [0.15, 0.2) is 0 Å². The molecule has 0 unspecified atom stereocenters. The maximum Gasteiger partial charge on any atom is 0.261 e. The van der Waals surface area contributed by atoms with E-state index in [-0.39, 0.29) is 16.7 Å². The zero-order chi connectivity index (χ0) is 24.5. The molecule has 0 saturated heterocycles. The molecule has 0 aromatic heterocycles. The number of benzene rings is 3. The maximum absolute atomic E-state index is 13.1. The second-order valence-electron chi connectivity index (χ2n) is 8.54. The highest BCUT2D eigenvalue weighted by Gasteiger charge is 2.23. The van der Waals surface area contributed by atoms with E-state index in [9.17, 15) is 18.0 Å². The van der Waals surface area contributed by atoms with Crippen LogP contribution < -0.4 is 10.0 Å². The number of anilines is 2. The monoisotopic (exact) mass is 477 g/mol. The van der Waals surface area contributed by atoms with Crippen molar-refractivity contribution in [1.29, 1.82) is 0 Å². The molecule has 3 aromatic rings. The molecule has 1 aliphatic heterocycles. The number of carbonyl (C=O) groups is 2. The molecule has 34 heavy (non-hydrogen) atoms. The molecule has 0 radical (unpaired) electrons. The summed E-state index contributed by atoms with van der Waals surface area (Å²) in [5, 5.41) is 2.74. The van der Waals surface area contributed by atoms with Crippen LogP contribution >= 0.6 is 0 Å². The minimum absolute atomic E-state index is 0.0394. The number of hydrogen-bond donors (Lipinski definition) is 2. The maximum atomic E-state index is 13.1. The van der Waals surface area contributed by atoms with Crippen LogP contribution in [0.1, 0.15) is 39.5 Å². The number of aryl methyl sites for hydroxylation is 2. The van der Waals surface area contributed by atoms with Crippen LogP contribution in [0.2, 0.25) is 0 Å². The third-order valence-corrected chi connectivity index (χ3v) is 7.26. The van der Waals surface area contributed by atoms with E-state index in [1.807, 2.05) is 24.3 Å². The van der Waals surface area contributed by atoms with Gasteiger partial charge in [0.1, 0.15) is 0 Å². The highest BCUT2D eigenvalue weighted by Crippen LogP contribution is 2.28. The Kier molecular flexibility index (Phi) is 6.43. The molecule has 2 amide bonds. The quantitative estimate of drug-likeness (QED) is 0.574. The van der Waals surface area contributed by atoms with Crippen LogP contribution in [0.25, 0.3) is 0 Å². The molecular weight excluding hydrogens is 450 g/mol. The predicted molar refractivity (Wildman–Crippen MR) is 132 cm³/mol. The van der Waals surface area contributed by atoms with Crippen molar-refractivity contribution >= 4 is 33.2 Å². The van der Waals surface area contributed by atoms with Crippen molar-refractivity contribution in [2.45, 2.75) is 38.6 Å². The molecule has 1 aliphatic rings. The Morgan fingerprint density at radius 3 is 2.24 bits per heavy atom. The van der Waals surface area contributed by atoms with Crippen molar-refractivity contribution in [1.82, 2.24) is 4.90 Å². The zero-order valence-electron chi connectivity index (χ0n) is 19.4. The fourth-order valence-corrected chi connectivity index (χ4v) is 5.44. The highest BCUT2D eigenvalue weighted by atomic mass is 32.2. The first-order valence-corrected chi connectivity index (χ1v) is 12.5. The largest absolute Gasteiger partial charge is 0.334 e. The standard InChI is InChI=1S/C26H27N3O4S/c1-17-13-24(14-18(2)25(17)27-19(3)30)34(32,33)28-23-10-9-20-11-12-29(16-22(20)15-23)26(31)21-7-5-4-6-8-21/h4-10,13-15,28H,11-12,16H2,1-3H3,(H,27,30). The predicted octanol–water partition coefficient (Wildman–Crippen LogP) is 4.26. The number of nitrogens with zero attached hydrogens (tertiary/aromatic N) is 1. The number of nitrogens with one attached hydrogen (secondary N) is 2. The van der Waals surface area contributed by atoms with Crippen LogP contribution in [0.3, 0.4) is 0 Å². The van der Waals surface area contributed by atoms with Gasteiger partial charge in [-0.25, -0.2) is 8.42 Å². The first kappa shape index (κ1) is 23.5. The lowest BCUT2D eigenvalue weighted by molar-refractivity contribution is -0.114. The van der Waals surface area contributed by atoms with Crippen LogP contribution in [0.4, 0.5) is 11.4 Å². The summed E-state index contributed by atoms with van der Waals surface area (Å²) in [6.45, 7) is 5.96. The van der Waals surface area contributed by atoms with Crippen molar-refractivity contribution < 1.29 is 18.0 Å². The van der Waals surface area contributed by atoms with Gasteiger partial charge in [0, 0.05) is 37.0 Å². The van der Waals surface area contributed by atoms with Gasteiger partial charge >= 0.3 is 0 Å². The fourth-order valence-electron chi connectivity index (χ4n) is 4.22. The molecule has 0 spiro atoms. The molecule has 0 bridgehead atoms. The summed E-state index contributed by atoms with van der Waals surface area (Å²) in [7, 11) is -3.85. The minimum atomic E-state index is -3.85. The molecule has 0 aliphatic carbocycles. The Morgan fingerprint density at radius 1 is 0.912 bits per heavy atom. The molecule has 176 valence electrons. The Bertz CT molecular complexity index is 1350. The molecule has 0 saturated carbocycles. The van der Waals surface area contributed by atoms with Crippen LogP contribution in [-0.4, -0.2) is 31.7 Å². The summed E-state index contributed by atoms with van der Waals surface area (Å²) in [6, 6.07) is 17.7. The second kappa shape index (κ2) is 9.30. The van der Waals surface area contributed by atoms with E-state index in [0.717, 1.165) is 11.1 Å². The van der Waals surface area contributed by atoms with Crippen molar-refractivity contribution in [3.8, 4) is 0 Å². The molecule has 2 N–H and O–H groups in total. The van der Waals surface area contributed by atoms with Gasteiger partial charge in [0.25, 0.3) is 15.9 Å². The topological polar surface area (TPSA) is 95.6 Å². The highest BCUT2D eigenvalue weighted by molar-refractivity contribution is 7.92. The van der Waals surface area contributed by atoms with Crippen LogP contribution in [0, 0.1) is 13.8 Å². The average molecular weight is 478 g/mol. The minimum Gasteiger partial charge on any atom is -0.334 e. The summed E-state index contributed by atoms with van der Waals surface area (Å²) in [4.78, 5) is 26.2. The van der Waals surface area contributed by atoms with E-state index in [1.165, 1.54) is 6.92 Å².